The zero-order chi connectivity index (χ0) is 38.5. The number of ether oxygens (including phenoxy) is 2. The van der Waals surface area contributed by atoms with E-state index in [1.54, 1.807) is 0 Å². The molecule has 0 amide bonds. The summed E-state index contributed by atoms with van der Waals surface area (Å²) in [6, 6.07) is 2.19. The van der Waals surface area contributed by atoms with Gasteiger partial charge < -0.3 is 23.4 Å². The van der Waals surface area contributed by atoms with Gasteiger partial charge in [-0.1, -0.05) is 117 Å². The molecule has 2 aromatic heterocycles. The number of carbonyl (C=O) groups excluding carboxylic acids is 2. The van der Waals surface area contributed by atoms with E-state index in [1.165, 1.54) is 125 Å². The molecule has 7 heteroatoms. The SMILES string of the molecule is CCCCCc1oc(CCCCCCCCCCCCC(=O)O[C@@H](CO)COC(=O)CCCCCCCCCCc2oc(CCC)cc2C)c(C)c1C. The van der Waals surface area contributed by atoms with Gasteiger partial charge in [0.2, 0.25) is 0 Å². The van der Waals surface area contributed by atoms with Crippen molar-refractivity contribution in [3.8, 4) is 0 Å². The molecule has 0 saturated heterocycles. The second kappa shape index (κ2) is 29.8. The van der Waals surface area contributed by atoms with Crippen LogP contribution in [0.4, 0.5) is 0 Å². The fourth-order valence-electron chi connectivity index (χ4n) is 7.15. The van der Waals surface area contributed by atoms with Gasteiger partial charge in [-0.15, -0.1) is 0 Å². The quantitative estimate of drug-likeness (QED) is 0.0563. The average molecular weight is 743 g/mol. The van der Waals surface area contributed by atoms with Crippen LogP contribution in [0.5, 0.6) is 0 Å². The van der Waals surface area contributed by atoms with Gasteiger partial charge in [-0.25, -0.2) is 0 Å². The maximum Gasteiger partial charge on any atom is 0.306 e. The summed E-state index contributed by atoms with van der Waals surface area (Å²) in [5, 5.41) is 9.62. The maximum atomic E-state index is 12.3. The maximum absolute atomic E-state index is 12.3. The van der Waals surface area contributed by atoms with Gasteiger partial charge in [0.15, 0.2) is 6.10 Å². The molecule has 0 bridgehead atoms. The molecule has 2 aromatic rings. The topological polar surface area (TPSA) is 99.1 Å². The fourth-order valence-corrected chi connectivity index (χ4v) is 7.15. The van der Waals surface area contributed by atoms with Crippen molar-refractivity contribution in [2.45, 2.75) is 221 Å². The zero-order valence-electron chi connectivity index (χ0n) is 34.8. The zero-order valence-corrected chi connectivity index (χ0v) is 34.8. The van der Waals surface area contributed by atoms with E-state index in [1.807, 2.05) is 0 Å². The monoisotopic (exact) mass is 743 g/mol. The Balaban J connectivity index is 1.36. The lowest BCUT2D eigenvalue weighted by atomic mass is 10.0. The molecule has 0 spiro atoms. The number of furan rings is 2. The first kappa shape index (κ1) is 46.6. The summed E-state index contributed by atoms with van der Waals surface area (Å²) in [4.78, 5) is 24.4. The lowest BCUT2D eigenvalue weighted by Gasteiger charge is -2.15. The smallest absolute Gasteiger partial charge is 0.306 e. The number of carbonyl (C=O) groups is 2. The van der Waals surface area contributed by atoms with Crippen molar-refractivity contribution >= 4 is 11.9 Å². The van der Waals surface area contributed by atoms with Gasteiger partial charge >= 0.3 is 11.9 Å². The van der Waals surface area contributed by atoms with E-state index in [4.69, 9.17) is 18.3 Å². The molecule has 0 saturated carbocycles. The van der Waals surface area contributed by atoms with Crippen LogP contribution in [0, 0.1) is 20.8 Å². The van der Waals surface area contributed by atoms with Crippen LogP contribution in [0.25, 0.3) is 0 Å². The minimum Gasteiger partial charge on any atom is -0.466 e. The van der Waals surface area contributed by atoms with E-state index < -0.39 is 6.10 Å². The van der Waals surface area contributed by atoms with Gasteiger partial charge in [0.25, 0.3) is 0 Å². The molecule has 0 fully saturated rings. The molecule has 1 N–H and O–H groups in total. The Labute approximate surface area is 323 Å². The fraction of sp³-hybridized carbons (Fsp3) is 0.783. The molecule has 0 aliphatic rings. The molecule has 2 heterocycles. The average Bonchev–Trinajstić information content (AvgIpc) is 3.63. The van der Waals surface area contributed by atoms with Crippen LogP contribution < -0.4 is 0 Å². The third-order valence-corrected chi connectivity index (χ3v) is 10.7. The Morgan fingerprint density at radius 3 is 1.51 bits per heavy atom. The highest BCUT2D eigenvalue weighted by molar-refractivity contribution is 5.70. The van der Waals surface area contributed by atoms with Crippen molar-refractivity contribution in [3.63, 3.8) is 0 Å². The minimum absolute atomic E-state index is 0.0826. The van der Waals surface area contributed by atoms with E-state index in [0.29, 0.717) is 12.8 Å². The lowest BCUT2D eigenvalue weighted by Crippen LogP contribution is -2.28. The second-order valence-electron chi connectivity index (χ2n) is 15.6. The van der Waals surface area contributed by atoms with Gasteiger partial charge in [-0.3, -0.25) is 9.59 Å². The summed E-state index contributed by atoms with van der Waals surface area (Å²) in [5.41, 5.74) is 4.02. The Hall–Kier alpha value is -2.54. The summed E-state index contributed by atoms with van der Waals surface area (Å²) in [6.07, 6.45) is 29.6. The van der Waals surface area contributed by atoms with E-state index in [2.05, 4.69) is 40.7 Å². The van der Waals surface area contributed by atoms with Crippen molar-refractivity contribution in [2.24, 2.45) is 0 Å². The van der Waals surface area contributed by atoms with Gasteiger partial charge in [-0.05, 0) is 82.1 Å². The summed E-state index contributed by atoms with van der Waals surface area (Å²) in [7, 11) is 0. The number of aliphatic hydroxyl groups excluding tert-OH is 1. The molecule has 0 aliphatic heterocycles. The minimum atomic E-state index is -0.790. The van der Waals surface area contributed by atoms with E-state index in [9.17, 15) is 14.7 Å². The van der Waals surface area contributed by atoms with E-state index in [-0.39, 0.29) is 25.2 Å². The van der Waals surface area contributed by atoms with Crippen LogP contribution >= 0.6 is 0 Å². The van der Waals surface area contributed by atoms with Crippen LogP contribution in [-0.4, -0.2) is 36.4 Å². The molecular weight excluding hydrogens is 664 g/mol. The third-order valence-electron chi connectivity index (χ3n) is 10.7. The highest BCUT2D eigenvalue weighted by Crippen LogP contribution is 2.25. The first-order valence-electron chi connectivity index (χ1n) is 21.9. The van der Waals surface area contributed by atoms with Crippen molar-refractivity contribution in [3.05, 3.63) is 45.8 Å². The van der Waals surface area contributed by atoms with Gasteiger partial charge in [-0.2, -0.15) is 0 Å². The Morgan fingerprint density at radius 2 is 1.02 bits per heavy atom. The van der Waals surface area contributed by atoms with E-state index >= 15 is 0 Å². The Bertz CT molecular complexity index is 1220. The molecule has 0 aromatic carbocycles. The van der Waals surface area contributed by atoms with Crippen molar-refractivity contribution in [1.29, 1.82) is 0 Å². The van der Waals surface area contributed by atoms with Crippen LogP contribution in [-0.2, 0) is 44.7 Å². The number of hydrogen-bond acceptors (Lipinski definition) is 7. The second-order valence-corrected chi connectivity index (χ2v) is 15.6. The molecule has 0 unspecified atom stereocenters. The summed E-state index contributed by atoms with van der Waals surface area (Å²) >= 11 is 0. The standard InChI is InChI=1S/C46H78O7/c1-6-8-23-30-43-38(4)39(5)44(53-43)31-25-20-16-11-9-10-12-18-22-27-33-46(49)52-41(35-47)36-50-45(48)32-26-21-17-14-13-15-19-24-29-42-37(3)34-40(51-42)28-7-2/h34,41,47H,6-33,35-36H2,1-5H3/t41-/m0/s1. The van der Waals surface area contributed by atoms with Crippen LogP contribution in [0.2, 0.25) is 0 Å². The van der Waals surface area contributed by atoms with E-state index in [0.717, 1.165) is 82.1 Å². The summed E-state index contributed by atoms with van der Waals surface area (Å²) in [6.45, 7) is 10.6. The molecule has 2 rings (SSSR count). The van der Waals surface area contributed by atoms with Crippen LogP contribution in [0.15, 0.2) is 14.9 Å². The third kappa shape index (κ3) is 21.2. The largest absolute Gasteiger partial charge is 0.466 e. The number of rotatable bonds is 34. The normalized spacial score (nSPS) is 12.0. The van der Waals surface area contributed by atoms with Crippen LogP contribution in [0.1, 0.15) is 208 Å². The summed E-state index contributed by atoms with van der Waals surface area (Å²) in [5.74, 6) is 4.07. The highest BCUT2D eigenvalue weighted by Gasteiger charge is 2.16. The van der Waals surface area contributed by atoms with Crippen molar-refractivity contribution in [2.75, 3.05) is 13.2 Å². The van der Waals surface area contributed by atoms with Gasteiger partial charge in [0, 0.05) is 38.5 Å². The first-order valence-corrected chi connectivity index (χ1v) is 21.9. The Morgan fingerprint density at radius 1 is 0.566 bits per heavy atom. The summed E-state index contributed by atoms with van der Waals surface area (Å²) < 4.78 is 22.9. The number of unbranched alkanes of at least 4 members (excludes halogenated alkanes) is 18. The van der Waals surface area contributed by atoms with Gasteiger partial charge in [0.1, 0.15) is 29.6 Å². The molecule has 53 heavy (non-hydrogen) atoms. The van der Waals surface area contributed by atoms with Crippen LogP contribution in [0.3, 0.4) is 0 Å². The molecule has 0 radical (unpaired) electrons. The van der Waals surface area contributed by atoms with Crippen molar-refractivity contribution < 1.29 is 33.0 Å². The van der Waals surface area contributed by atoms with Crippen molar-refractivity contribution in [1.82, 2.24) is 0 Å². The molecule has 0 aliphatic carbocycles. The number of esters is 2. The van der Waals surface area contributed by atoms with Gasteiger partial charge in [0.05, 0.1) is 6.61 Å². The Kier molecular flexibility index (Phi) is 26.2. The first-order chi connectivity index (χ1) is 25.8. The highest BCUT2D eigenvalue weighted by atomic mass is 16.6. The number of hydrogen-bond donors (Lipinski definition) is 1. The molecule has 304 valence electrons. The predicted octanol–water partition coefficient (Wildman–Crippen LogP) is 12.5. The lowest BCUT2D eigenvalue weighted by molar-refractivity contribution is -0.161. The number of aliphatic hydroxyl groups is 1. The molecule has 1 atom stereocenters. The predicted molar refractivity (Wildman–Crippen MR) is 217 cm³/mol. The molecule has 7 nitrogen and oxygen atoms in total. The number of aryl methyl sites for hydroxylation is 5. The molecular formula is C46H78O7.